The van der Waals surface area contributed by atoms with E-state index < -0.39 is 23.1 Å². The highest BCUT2D eigenvalue weighted by Crippen LogP contribution is 2.53. The monoisotopic (exact) mass is 494 g/mol. The highest BCUT2D eigenvalue weighted by Gasteiger charge is 2.56. The second-order valence-electron chi connectivity index (χ2n) is 8.23. The van der Waals surface area contributed by atoms with Gasteiger partial charge in [0.1, 0.15) is 11.8 Å². The summed E-state index contributed by atoms with van der Waals surface area (Å²) in [6, 6.07) is 16.7. The summed E-state index contributed by atoms with van der Waals surface area (Å²) in [5.74, 6) is -2.21. The van der Waals surface area contributed by atoms with Gasteiger partial charge in [0.2, 0.25) is 11.8 Å². The number of amides is 2. The molecule has 2 amide bonds. The first-order chi connectivity index (χ1) is 16.4. The van der Waals surface area contributed by atoms with Crippen molar-refractivity contribution in [2.45, 2.75) is 36.6 Å². The first-order valence-electron chi connectivity index (χ1n) is 11.0. The Bertz CT molecular complexity index is 1330. The van der Waals surface area contributed by atoms with E-state index in [4.69, 9.17) is 4.74 Å². The Morgan fingerprint density at radius 1 is 1.00 bits per heavy atom. The van der Waals surface area contributed by atoms with Gasteiger partial charge in [0, 0.05) is 10.8 Å². The predicted molar refractivity (Wildman–Crippen MR) is 130 cm³/mol. The number of aryl methyl sites for hydroxylation is 1. The maximum atomic E-state index is 13.7. The summed E-state index contributed by atoms with van der Waals surface area (Å²) >= 11 is 2.23. The molecule has 3 heterocycles. The molecule has 7 nitrogen and oxygen atoms in total. The Morgan fingerprint density at radius 2 is 1.71 bits per heavy atom. The molecule has 9 heteroatoms. The molecule has 2 aliphatic rings. The number of thioether (sulfide) groups is 1. The molecule has 34 heavy (non-hydrogen) atoms. The minimum atomic E-state index is -0.700. The smallest absolute Gasteiger partial charge is 0.326 e. The molecule has 1 fully saturated rings. The summed E-state index contributed by atoms with van der Waals surface area (Å²) in [6.45, 7) is 3.63. The number of carbonyl (C=O) groups excluding carboxylic acids is 3. The lowest BCUT2D eigenvalue weighted by atomic mass is 9.83. The number of anilines is 1. The lowest BCUT2D eigenvalue weighted by Gasteiger charge is -2.30. The van der Waals surface area contributed by atoms with Gasteiger partial charge < -0.3 is 4.74 Å². The number of fused-ring (bicyclic) bond motifs is 2. The van der Waals surface area contributed by atoms with Crippen molar-refractivity contribution in [1.82, 2.24) is 4.57 Å². The lowest BCUT2D eigenvalue weighted by Crippen LogP contribution is -2.32. The van der Waals surface area contributed by atoms with E-state index in [0.717, 1.165) is 22.5 Å². The van der Waals surface area contributed by atoms with Crippen LogP contribution in [0.3, 0.4) is 0 Å². The fraction of sp³-hybridized carbons (Fsp3) is 0.280. The molecule has 3 atom stereocenters. The van der Waals surface area contributed by atoms with Crippen molar-refractivity contribution in [3.63, 3.8) is 0 Å². The number of aromatic nitrogens is 1. The summed E-state index contributed by atoms with van der Waals surface area (Å²) in [7, 11) is 0. The first-order valence-corrected chi connectivity index (χ1v) is 12.7. The average molecular weight is 495 g/mol. The van der Waals surface area contributed by atoms with Crippen molar-refractivity contribution in [2.24, 2.45) is 5.92 Å². The second kappa shape index (κ2) is 8.88. The minimum absolute atomic E-state index is 0.211. The Hall–Kier alpha value is -3.17. The van der Waals surface area contributed by atoms with Gasteiger partial charge in [-0.05, 0) is 31.5 Å². The van der Waals surface area contributed by atoms with Crippen LogP contribution < -0.4 is 9.77 Å². The number of imide groups is 1. The number of rotatable bonds is 5. The normalized spacial score (nSPS) is 21.4. The van der Waals surface area contributed by atoms with Crippen LogP contribution in [0.2, 0.25) is 0 Å². The van der Waals surface area contributed by atoms with Gasteiger partial charge in [-0.15, -0.1) is 0 Å². The van der Waals surface area contributed by atoms with Gasteiger partial charge in [-0.1, -0.05) is 71.1 Å². The summed E-state index contributed by atoms with van der Waals surface area (Å²) in [5, 5.41) is -0.140. The number of hydrogen-bond donors (Lipinski definition) is 0. The van der Waals surface area contributed by atoms with Crippen molar-refractivity contribution >= 4 is 46.6 Å². The van der Waals surface area contributed by atoms with E-state index in [2.05, 4.69) is 0 Å². The zero-order chi connectivity index (χ0) is 24.0. The molecule has 0 N–H and O–H groups in total. The number of esters is 1. The molecular weight excluding hydrogens is 472 g/mol. The van der Waals surface area contributed by atoms with E-state index in [0.29, 0.717) is 15.6 Å². The molecule has 2 unspecified atom stereocenters. The molecule has 3 aromatic rings. The van der Waals surface area contributed by atoms with Crippen LogP contribution >= 0.6 is 23.1 Å². The summed E-state index contributed by atoms with van der Waals surface area (Å²) in [6.07, 6.45) is 0. The molecule has 0 aliphatic carbocycles. The molecule has 2 aliphatic heterocycles. The third kappa shape index (κ3) is 3.69. The number of nitrogens with zero attached hydrogens (tertiary/aromatic N) is 2. The summed E-state index contributed by atoms with van der Waals surface area (Å²) < 4.78 is 6.43. The number of thiazole rings is 1. The fourth-order valence-electron chi connectivity index (χ4n) is 4.56. The van der Waals surface area contributed by atoms with Crippen molar-refractivity contribution < 1.29 is 19.1 Å². The molecule has 1 aromatic heterocycles. The maximum absolute atomic E-state index is 13.7. The largest absolute Gasteiger partial charge is 0.465 e. The molecule has 0 radical (unpaired) electrons. The van der Waals surface area contributed by atoms with Gasteiger partial charge in [0.15, 0.2) is 0 Å². The molecule has 1 saturated heterocycles. The Balaban J connectivity index is 1.63. The third-order valence-electron chi connectivity index (χ3n) is 6.09. The van der Waals surface area contributed by atoms with Gasteiger partial charge >= 0.3 is 10.8 Å². The number of carbonyl (C=O) groups is 3. The van der Waals surface area contributed by atoms with E-state index in [-0.39, 0.29) is 29.8 Å². The van der Waals surface area contributed by atoms with Gasteiger partial charge in [0.25, 0.3) is 0 Å². The van der Waals surface area contributed by atoms with Crippen LogP contribution in [-0.2, 0) is 25.7 Å². The van der Waals surface area contributed by atoms with Crippen molar-refractivity contribution in [2.75, 3.05) is 11.5 Å². The molecule has 2 aromatic carbocycles. The standard InChI is InChI=1S/C25H22N2O5S2/c1-3-32-17(28)13-26-24-21(34-25(26)31)18(15-7-5-4-6-8-15)19-20(33-24)23(30)27(22(19)29)16-11-9-14(2)10-12-16/h4-12,18-20H,3,13H2,1-2H3/t18-,19?,20?/m1/s1. The average Bonchev–Trinajstić information content (AvgIpc) is 3.27. The third-order valence-corrected chi connectivity index (χ3v) is 8.70. The Kier molecular flexibility index (Phi) is 5.91. The van der Waals surface area contributed by atoms with Gasteiger partial charge in [-0.3, -0.25) is 23.7 Å². The van der Waals surface area contributed by atoms with E-state index in [1.807, 2.05) is 49.4 Å². The van der Waals surface area contributed by atoms with E-state index in [1.165, 1.54) is 21.2 Å². The van der Waals surface area contributed by atoms with Crippen LogP contribution in [0.15, 0.2) is 64.4 Å². The van der Waals surface area contributed by atoms with Crippen LogP contribution in [0.1, 0.15) is 28.8 Å². The van der Waals surface area contributed by atoms with Crippen LogP contribution in [0, 0.1) is 12.8 Å². The van der Waals surface area contributed by atoms with E-state index in [1.54, 1.807) is 19.1 Å². The molecular formula is C25H22N2O5S2. The highest BCUT2D eigenvalue weighted by atomic mass is 32.2. The van der Waals surface area contributed by atoms with Crippen LogP contribution in [-0.4, -0.2) is 34.2 Å². The highest BCUT2D eigenvalue weighted by molar-refractivity contribution is 8.00. The molecule has 0 saturated carbocycles. The fourth-order valence-corrected chi connectivity index (χ4v) is 7.33. The second-order valence-corrected chi connectivity index (χ2v) is 10.4. The van der Waals surface area contributed by atoms with Gasteiger partial charge in [-0.25, -0.2) is 4.90 Å². The zero-order valence-corrected chi connectivity index (χ0v) is 20.2. The van der Waals surface area contributed by atoms with E-state index in [9.17, 15) is 19.2 Å². The Morgan fingerprint density at radius 3 is 2.38 bits per heavy atom. The number of hydrogen-bond acceptors (Lipinski definition) is 7. The van der Waals surface area contributed by atoms with Crippen molar-refractivity contribution in [1.29, 1.82) is 0 Å². The topological polar surface area (TPSA) is 85.7 Å². The van der Waals surface area contributed by atoms with Gasteiger partial charge in [0.05, 0.1) is 23.2 Å². The summed E-state index contributed by atoms with van der Waals surface area (Å²) in [4.78, 5) is 54.1. The molecule has 0 bridgehead atoms. The van der Waals surface area contributed by atoms with Crippen molar-refractivity contribution in [3.05, 3.63) is 80.3 Å². The molecule has 5 rings (SSSR count). The SMILES string of the molecule is CCOC(=O)Cn1c2c(sc1=O)[C@H](c1ccccc1)C1C(=O)N(c3ccc(C)cc3)C(=O)C1S2. The van der Waals surface area contributed by atoms with Crippen LogP contribution in [0.4, 0.5) is 5.69 Å². The zero-order valence-electron chi connectivity index (χ0n) is 18.6. The quantitative estimate of drug-likeness (QED) is 0.398. The van der Waals surface area contributed by atoms with Crippen LogP contribution in [0.5, 0.6) is 0 Å². The van der Waals surface area contributed by atoms with E-state index >= 15 is 0 Å². The predicted octanol–water partition coefficient (Wildman–Crippen LogP) is 3.58. The Labute approximate surface area is 204 Å². The maximum Gasteiger partial charge on any atom is 0.326 e. The first kappa shape index (κ1) is 22.6. The summed E-state index contributed by atoms with van der Waals surface area (Å²) in [5.41, 5.74) is 2.42. The van der Waals surface area contributed by atoms with Crippen LogP contribution in [0.25, 0.3) is 0 Å². The number of ether oxygens (including phenoxy) is 1. The molecule has 0 spiro atoms. The molecule has 174 valence electrons. The number of benzene rings is 2. The van der Waals surface area contributed by atoms with Gasteiger partial charge in [-0.2, -0.15) is 0 Å². The minimum Gasteiger partial charge on any atom is -0.465 e. The van der Waals surface area contributed by atoms with Crippen molar-refractivity contribution in [3.8, 4) is 0 Å². The lowest BCUT2D eigenvalue weighted by molar-refractivity contribution is -0.144.